The first-order chi connectivity index (χ1) is 14.0. The summed E-state index contributed by atoms with van der Waals surface area (Å²) in [6.07, 6.45) is 7.84. The van der Waals surface area contributed by atoms with Gasteiger partial charge in [0.15, 0.2) is 0 Å². The molecule has 0 saturated carbocycles. The van der Waals surface area contributed by atoms with Gasteiger partial charge in [-0.05, 0) is 73.7 Å². The highest BCUT2D eigenvalue weighted by atomic mass is 32.1. The Bertz CT molecular complexity index is 800. The first-order valence-corrected chi connectivity index (χ1v) is 10.1. The molecule has 158 valence electrons. The maximum Gasteiger partial charge on any atom is 0.123 e. The maximum absolute atomic E-state index is 13.2. The summed E-state index contributed by atoms with van der Waals surface area (Å²) in [6, 6.07) is 6.11. The van der Waals surface area contributed by atoms with E-state index in [0.29, 0.717) is 12.1 Å². The molecule has 1 aromatic carbocycles. The Hall–Kier alpha value is -2.29. The van der Waals surface area contributed by atoms with E-state index in [4.69, 9.17) is 16.6 Å². The number of rotatable bonds is 9. The van der Waals surface area contributed by atoms with Gasteiger partial charge in [0.05, 0.1) is 11.4 Å². The molecule has 8 heteroatoms. The number of allylic oxidation sites excluding steroid dienone is 3. The van der Waals surface area contributed by atoms with E-state index in [-0.39, 0.29) is 11.2 Å². The lowest BCUT2D eigenvalue weighted by molar-refractivity contribution is 0.367. The zero-order valence-corrected chi connectivity index (χ0v) is 17.9. The van der Waals surface area contributed by atoms with Gasteiger partial charge in [-0.2, -0.15) is 0 Å². The van der Waals surface area contributed by atoms with Crippen LogP contribution < -0.4 is 27.0 Å². The van der Waals surface area contributed by atoms with Gasteiger partial charge in [-0.15, -0.1) is 0 Å². The topological polar surface area (TPSA) is 100 Å². The Morgan fingerprint density at radius 3 is 2.66 bits per heavy atom. The molecule has 1 aliphatic rings. The lowest BCUT2D eigenvalue weighted by Gasteiger charge is -2.38. The second-order valence-corrected chi connectivity index (χ2v) is 7.60. The van der Waals surface area contributed by atoms with Gasteiger partial charge < -0.3 is 16.5 Å². The van der Waals surface area contributed by atoms with Crippen molar-refractivity contribution >= 4 is 24.2 Å². The molecule has 29 heavy (non-hydrogen) atoms. The second-order valence-electron chi connectivity index (χ2n) is 7.28. The summed E-state index contributed by atoms with van der Waals surface area (Å²) < 4.78 is 16.1. The van der Waals surface area contributed by atoms with E-state index in [2.05, 4.69) is 41.3 Å². The molecule has 0 bridgehead atoms. The average Bonchev–Trinajstić information content (AvgIpc) is 2.72. The Labute approximate surface area is 177 Å². The number of nitrogens with zero attached hydrogens (tertiary/aromatic N) is 1. The number of nitrogens with two attached hydrogens (primary N) is 2. The minimum Gasteiger partial charge on any atom is -0.404 e. The van der Waals surface area contributed by atoms with Crippen LogP contribution >= 0.6 is 12.8 Å². The number of halogens is 1. The van der Waals surface area contributed by atoms with E-state index < -0.39 is 0 Å². The van der Waals surface area contributed by atoms with Crippen molar-refractivity contribution in [1.82, 2.24) is 15.5 Å². The molecule has 1 unspecified atom stereocenters. The van der Waals surface area contributed by atoms with Crippen LogP contribution in [-0.4, -0.2) is 18.8 Å². The summed E-state index contributed by atoms with van der Waals surface area (Å²) >= 11 is 4.13. The van der Waals surface area contributed by atoms with Crippen molar-refractivity contribution in [3.05, 3.63) is 65.4 Å². The quantitative estimate of drug-likeness (QED) is 0.210. The zero-order valence-electron chi connectivity index (χ0n) is 17.0. The Kier molecular flexibility index (Phi) is 8.75. The summed E-state index contributed by atoms with van der Waals surface area (Å²) in [4.78, 5) is 4.70. The minimum atomic E-state index is -0.287. The monoisotopic (exact) mass is 418 g/mol. The van der Waals surface area contributed by atoms with Gasteiger partial charge in [-0.1, -0.05) is 25.3 Å². The number of aliphatic imine (C=N–C) groups is 1. The average molecular weight is 419 g/mol. The van der Waals surface area contributed by atoms with Crippen LogP contribution in [-0.2, 0) is 0 Å². The fourth-order valence-corrected chi connectivity index (χ4v) is 3.60. The van der Waals surface area contributed by atoms with Gasteiger partial charge in [0.25, 0.3) is 0 Å². The number of nitrogens with one attached hydrogen (secondary N) is 3. The van der Waals surface area contributed by atoms with E-state index in [9.17, 15) is 4.39 Å². The first kappa shape index (κ1) is 23.0. The van der Waals surface area contributed by atoms with Crippen LogP contribution in [0.3, 0.4) is 0 Å². The molecular formula is C21H31FN6S. The Balaban J connectivity index is 2.44. The minimum absolute atomic E-state index is 0.189. The molecule has 6 nitrogen and oxygen atoms in total. The predicted octanol–water partition coefficient (Wildman–Crippen LogP) is 3.21. The molecule has 2 rings (SSSR count). The molecular weight excluding hydrogens is 387 g/mol. The smallest absolute Gasteiger partial charge is 0.123 e. The van der Waals surface area contributed by atoms with Crippen LogP contribution in [0.4, 0.5) is 10.1 Å². The summed E-state index contributed by atoms with van der Waals surface area (Å²) in [5.74, 6) is 5.46. The third kappa shape index (κ3) is 6.35. The predicted molar refractivity (Wildman–Crippen MR) is 122 cm³/mol. The largest absolute Gasteiger partial charge is 0.404 e. The van der Waals surface area contributed by atoms with Crippen LogP contribution in [0, 0.1) is 11.2 Å². The molecule has 0 heterocycles. The van der Waals surface area contributed by atoms with Crippen LogP contribution in [0.1, 0.15) is 33.1 Å². The van der Waals surface area contributed by atoms with E-state index in [1.165, 1.54) is 17.7 Å². The molecule has 0 aromatic heterocycles. The zero-order chi connectivity index (χ0) is 21.3. The summed E-state index contributed by atoms with van der Waals surface area (Å²) in [5.41, 5.74) is 13.1. The highest BCUT2D eigenvalue weighted by Gasteiger charge is 2.35. The number of thiol groups is 1. The summed E-state index contributed by atoms with van der Waals surface area (Å²) in [5, 5.41) is 3.19. The lowest BCUT2D eigenvalue weighted by atomic mass is 9.68. The number of hydrazine groups is 1. The third-order valence-electron chi connectivity index (χ3n) is 5.03. The third-order valence-corrected chi connectivity index (χ3v) is 5.25. The molecule has 0 spiro atoms. The Morgan fingerprint density at radius 2 is 2.07 bits per heavy atom. The standard InChI is InChI=1S/C21H31FN6S/c1-3-25-14-19(28-24)12-21(2)11-15(13-23)20(10-16(21)8-9-26-29)27-18-6-4-17(22)5-7-18/h4-7,10,13-14,25-26,28-29H,3,8-9,11-12,23-24H2,1-2H3/b15-13?,19-14-,27-20?. The van der Waals surface area contributed by atoms with Crippen LogP contribution in [0.5, 0.6) is 0 Å². The van der Waals surface area contributed by atoms with Crippen molar-refractivity contribution in [2.75, 3.05) is 13.1 Å². The van der Waals surface area contributed by atoms with Crippen molar-refractivity contribution in [1.29, 1.82) is 0 Å². The van der Waals surface area contributed by atoms with Gasteiger partial charge in [0.2, 0.25) is 0 Å². The van der Waals surface area contributed by atoms with Crippen molar-refractivity contribution < 1.29 is 4.39 Å². The van der Waals surface area contributed by atoms with Gasteiger partial charge in [-0.3, -0.25) is 10.6 Å². The van der Waals surface area contributed by atoms with E-state index in [1.807, 2.05) is 13.1 Å². The van der Waals surface area contributed by atoms with Crippen LogP contribution in [0.15, 0.2) is 64.6 Å². The van der Waals surface area contributed by atoms with Gasteiger partial charge in [0, 0.05) is 25.0 Å². The Morgan fingerprint density at radius 1 is 1.34 bits per heavy atom. The van der Waals surface area contributed by atoms with E-state index in [1.54, 1.807) is 18.3 Å². The summed E-state index contributed by atoms with van der Waals surface area (Å²) in [7, 11) is 0. The summed E-state index contributed by atoms with van der Waals surface area (Å²) in [6.45, 7) is 5.77. The highest BCUT2D eigenvalue weighted by Crippen LogP contribution is 2.44. The molecule has 0 radical (unpaired) electrons. The van der Waals surface area contributed by atoms with E-state index >= 15 is 0 Å². The molecule has 0 amide bonds. The molecule has 7 N–H and O–H groups in total. The van der Waals surface area contributed by atoms with Gasteiger partial charge in [0.1, 0.15) is 5.82 Å². The molecule has 0 saturated heterocycles. The molecule has 1 atom stereocenters. The normalized spacial score (nSPS) is 22.7. The van der Waals surface area contributed by atoms with Gasteiger partial charge in [-0.25, -0.2) is 9.38 Å². The number of hydrogen-bond donors (Lipinski definition) is 6. The SMILES string of the molecule is CCN/C=C(/CC1(C)CC(=CN)C(=Nc2ccc(F)cc2)C=C1CCNS)NN. The second kappa shape index (κ2) is 11.0. The number of hydrogen-bond acceptors (Lipinski definition) is 7. The van der Waals surface area contributed by atoms with Crippen molar-refractivity contribution in [2.45, 2.75) is 33.1 Å². The van der Waals surface area contributed by atoms with Gasteiger partial charge >= 0.3 is 0 Å². The van der Waals surface area contributed by atoms with E-state index in [0.717, 1.165) is 42.9 Å². The molecule has 1 aromatic rings. The fraction of sp³-hybridized carbons (Fsp3) is 0.381. The molecule has 1 aliphatic carbocycles. The molecule has 0 aliphatic heterocycles. The van der Waals surface area contributed by atoms with Crippen LogP contribution in [0.2, 0.25) is 0 Å². The number of benzene rings is 1. The van der Waals surface area contributed by atoms with Crippen molar-refractivity contribution in [2.24, 2.45) is 22.0 Å². The van der Waals surface area contributed by atoms with Crippen LogP contribution in [0.25, 0.3) is 0 Å². The van der Waals surface area contributed by atoms with Crippen molar-refractivity contribution in [3.8, 4) is 0 Å². The first-order valence-electron chi connectivity index (χ1n) is 9.68. The fourth-order valence-electron chi connectivity index (χ4n) is 3.49. The van der Waals surface area contributed by atoms with Crippen molar-refractivity contribution in [3.63, 3.8) is 0 Å². The maximum atomic E-state index is 13.2. The lowest BCUT2D eigenvalue weighted by Crippen LogP contribution is -2.33. The molecule has 0 fully saturated rings. The highest BCUT2D eigenvalue weighted by molar-refractivity contribution is 7.78.